The van der Waals surface area contributed by atoms with Crippen molar-refractivity contribution in [1.82, 2.24) is 5.32 Å². The van der Waals surface area contributed by atoms with Gasteiger partial charge in [-0.2, -0.15) is 0 Å². The summed E-state index contributed by atoms with van der Waals surface area (Å²) in [6.45, 7) is 6.14. The molecule has 3 heteroatoms. The van der Waals surface area contributed by atoms with E-state index in [0.717, 1.165) is 11.1 Å². The molecule has 0 aliphatic carbocycles. The van der Waals surface area contributed by atoms with Crippen molar-refractivity contribution in [2.75, 3.05) is 0 Å². The Kier molecular flexibility index (Phi) is 6.21. The molecular formula is C21H23NO2. The smallest absolute Gasteiger partial charge is 0.193 e. The number of allylic oxidation sites excluding steroid dienone is 1. The molecule has 0 aliphatic heterocycles. The van der Waals surface area contributed by atoms with Crippen LogP contribution in [0.2, 0.25) is 0 Å². The maximum absolute atomic E-state index is 12.4. The topological polar surface area (TPSA) is 46.2 Å². The Bertz CT molecular complexity index is 730. The number of ketones is 2. The lowest BCUT2D eigenvalue weighted by Gasteiger charge is -2.13. The molecule has 0 aromatic heterocycles. The molecular weight excluding hydrogens is 298 g/mol. The van der Waals surface area contributed by atoms with Crippen molar-refractivity contribution in [3.05, 3.63) is 82.9 Å². The zero-order chi connectivity index (χ0) is 17.5. The molecule has 0 aliphatic rings. The highest BCUT2D eigenvalue weighted by molar-refractivity contribution is 6.08. The molecule has 1 N–H and O–H groups in total. The van der Waals surface area contributed by atoms with Crippen LogP contribution >= 0.6 is 0 Å². The lowest BCUT2D eigenvalue weighted by atomic mass is 10.0. The van der Waals surface area contributed by atoms with Crippen molar-refractivity contribution in [3.8, 4) is 0 Å². The van der Waals surface area contributed by atoms with Crippen molar-refractivity contribution in [2.45, 2.75) is 33.4 Å². The largest absolute Gasteiger partial charge is 0.303 e. The standard InChI is InChI=1S/C21H23NO2/c1-4-15(2)20(23)16(3)22-14-17-10-12-19(13-11-17)21(24)18-8-6-5-7-9-18/h4-13,16,22H,14H2,1-3H3. The summed E-state index contributed by atoms with van der Waals surface area (Å²) in [5.74, 6) is 0.121. The highest BCUT2D eigenvalue weighted by Gasteiger charge is 2.13. The average Bonchev–Trinajstić information content (AvgIpc) is 2.65. The molecule has 2 aromatic carbocycles. The van der Waals surface area contributed by atoms with E-state index in [1.165, 1.54) is 0 Å². The Morgan fingerprint density at radius 2 is 1.58 bits per heavy atom. The van der Waals surface area contributed by atoms with Gasteiger partial charge in [0.15, 0.2) is 11.6 Å². The Morgan fingerprint density at radius 3 is 2.17 bits per heavy atom. The van der Waals surface area contributed by atoms with Crippen LogP contribution in [0.25, 0.3) is 0 Å². The maximum Gasteiger partial charge on any atom is 0.193 e. The fourth-order valence-corrected chi connectivity index (χ4v) is 2.38. The van der Waals surface area contributed by atoms with Gasteiger partial charge in [0.25, 0.3) is 0 Å². The maximum atomic E-state index is 12.4. The van der Waals surface area contributed by atoms with Crippen LogP contribution in [0.5, 0.6) is 0 Å². The zero-order valence-electron chi connectivity index (χ0n) is 14.4. The number of hydrogen-bond acceptors (Lipinski definition) is 3. The molecule has 0 saturated carbocycles. The van der Waals surface area contributed by atoms with Crippen molar-refractivity contribution >= 4 is 11.6 Å². The third-order valence-corrected chi connectivity index (χ3v) is 4.08. The van der Waals surface area contributed by atoms with Gasteiger partial charge >= 0.3 is 0 Å². The van der Waals surface area contributed by atoms with Gasteiger partial charge in [-0.3, -0.25) is 9.59 Å². The number of Topliss-reactive ketones (excluding diaryl/α,β-unsaturated/α-hetero) is 1. The first-order chi connectivity index (χ1) is 11.5. The first kappa shape index (κ1) is 17.8. The van der Waals surface area contributed by atoms with Gasteiger partial charge in [0.1, 0.15) is 0 Å². The number of rotatable bonds is 7. The Labute approximate surface area is 143 Å². The van der Waals surface area contributed by atoms with Crippen LogP contribution in [-0.4, -0.2) is 17.6 Å². The summed E-state index contributed by atoms with van der Waals surface area (Å²) in [5, 5.41) is 3.22. The molecule has 24 heavy (non-hydrogen) atoms. The summed E-state index contributed by atoms with van der Waals surface area (Å²) < 4.78 is 0. The van der Waals surface area contributed by atoms with E-state index in [1.807, 2.05) is 81.4 Å². The van der Waals surface area contributed by atoms with E-state index in [9.17, 15) is 9.59 Å². The first-order valence-electron chi connectivity index (χ1n) is 8.12. The van der Waals surface area contributed by atoms with E-state index in [0.29, 0.717) is 17.7 Å². The van der Waals surface area contributed by atoms with Crippen molar-refractivity contribution < 1.29 is 9.59 Å². The summed E-state index contributed by atoms with van der Waals surface area (Å²) >= 11 is 0. The summed E-state index contributed by atoms with van der Waals surface area (Å²) in [7, 11) is 0. The van der Waals surface area contributed by atoms with Crippen LogP contribution in [0.3, 0.4) is 0 Å². The molecule has 0 amide bonds. The van der Waals surface area contributed by atoms with Gasteiger partial charge in [0.05, 0.1) is 6.04 Å². The van der Waals surface area contributed by atoms with Gasteiger partial charge < -0.3 is 5.32 Å². The van der Waals surface area contributed by atoms with E-state index in [1.54, 1.807) is 0 Å². The molecule has 3 nitrogen and oxygen atoms in total. The minimum Gasteiger partial charge on any atom is -0.303 e. The van der Waals surface area contributed by atoms with Gasteiger partial charge in [0.2, 0.25) is 0 Å². The van der Waals surface area contributed by atoms with E-state index in [-0.39, 0.29) is 17.6 Å². The van der Waals surface area contributed by atoms with Gasteiger partial charge in [-0.15, -0.1) is 0 Å². The van der Waals surface area contributed by atoms with Gasteiger partial charge in [0, 0.05) is 17.7 Å². The van der Waals surface area contributed by atoms with E-state index in [4.69, 9.17) is 0 Å². The fraction of sp³-hybridized carbons (Fsp3) is 0.238. The van der Waals surface area contributed by atoms with Crippen LogP contribution in [0.15, 0.2) is 66.2 Å². The van der Waals surface area contributed by atoms with Gasteiger partial charge in [-0.25, -0.2) is 0 Å². The van der Waals surface area contributed by atoms with Crippen LogP contribution in [-0.2, 0) is 11.3 Å². The monoisotopic (exact) mass is 321 g/mol. The van der Waals surface area contributed by atoms with E-state index in [2.05, 4.69) is 5.32 Å². The van der Waals surface area contributed by atoms with Crippen molar-refractivity contribution in [3.63, 3.8) is 0 Å². The predicted molar refractivity (Wildman–Crippen MR) is 97.1 cm³/mol. The number of carbonyl (C=O) groups is 2. The highest BCUT2D eigenvalue weighted by atomic mass is 16.1. The summed E-state index contributed by atoms with van der Waals surface area (Å²) in [4.78, 5) is 24.4. The van der Waals surface area contributed by atoms with Crippen LogP contribution in [0.1, 0.15) is 42.3 Å². The third kappa shape index (κ3) is 4.49. The van der Waals surface area contributed by atoms with Gasteiger partial charge in [-0.05, 0) is 31.9 Å². The zero-order valence-corrected chi connectivity index (χ0v) is 14.4. The van der Waals surface area contributed by atoms with Crippen LogP contribution < -0.4 is 5.32 Å². The van der Waals surface area contributed by atoms with Crippen LogP contribution in [0, 0.1) is 0 Å². The molecule has 2 aromatic rings. The fourth-order valence-electron chi connectivity index (χ4n) is 2.38. The molecule has 0 fully saturated rings. The Balaban J connectivity index is 1.98. The second-order valence-electron chi connectivity index (χ2n) is 5.83. The van der Waals surface area contributed by atoms with Crippen molar-refractivity contribution in [2.24, 2.45) is 0 Å². The normalized spacial score (nSPS) is 12.7. The lowest BCUT2D eigenvalue weighted by molar-refractivity contribution is -0.117. The number of hydrogen-bond donors (Lipinski definition) is 1. The second-order valence-corrected chi connectivity index (χ2v) is 5.83. The quantitative estimate of drug-likeness (QED) is 0.621. The minimum atomic E-state index is -0.230. The minimum absolute atomic E-state index is 0.0161. The molecule has 0 radical (unpaired) electrons. The highest BCUT2D eigenvalue weighted by Crippen LogP contribution is 2.11. The summed E-state index contributed by atoms with van der Waals surface area (Å²) in [6.07, 6.45) is 1.82. The molecule has 0 saturated heterocycles. The first-order valence-corrected chi connectivity index (χ1v) is 8.12. The third-order valence-electron chi connectivity index (χ3n) is 4.08. The van der Waals surface area contributed by atoms with E-state index >= 15 is 0 Å². The molecule has 0 spiro atoms. The summed E-state index contributed by atoms with van der Waals surface area (Å²) in [5.41, 5.74) is 3.15. The average molecular weight is 321 g/mol. The second kappa shape index (κ2) is 8.37. The van der Waals surface area contributed by atoms with Crippen LogP contribution in [0.4, 0.5) is 0 Å². The number of benzene rings is 2. The summed E-state index contributed by atoms with van der Waals surface area (Å²) in [6, 6.07) is 16.5. The molecule has 0 bridgehead atoms. The predicted octanol–water partition coefficient (Wildman–Crippen LogP) is 3.93. The number of nitrogens with one attached hydrogen (secondary N) is 1. The van der Waals surface area contributed by atoms with Crippen molar-refractivity contribution in [1.29, 1.82) is 0 Å². The molecule has 124 valence electrons. The molecule has 1 unspecified atom stereocenters. The van der Waals surface area contributed by atoms with E-state index < -0.39 is 0 Å². The molecule has 0 heterocycles. The van der Waals surface area contributed by atoms with Gasteiger partial charge in [-0.1, -0.05) is 60.7 Å². The Hall–Kier alpha value is -2.52. The SMILES string of the molecule is CC=C(C)C(=O)C(C)NCc1ccc(C(=O)c2ccccc2)cc1. The molecule has 2 rings (SSSR count). The Morgan fingerprint density at radius 1 is 1.00 bits per heavy atom. The lowest BCUT2D eigenvalue weighted by Crippen LogP contribution is -2.33. The number of carbonyl (C=O) groups excluding carboxylic acids is 2. The molecule has 1 atom stereocenters.